The van der Waals surface area contributed by atoms with Gasteiger partial charge in [-0.2, -0.15) is 0 Å². The highest BCUT2D eigenvalue weighted by Gasteiger charge is 2.41. The van der Waals surface area contributed by atoms with E-state index in [0.29, 0.717) is 16.7 Å². The van der Waals surface area contributed by atoms with E-state index in [4.69, 9.17) is 16.2 Å². The number of primary amides is 1. The lowest BCUT2D eigenvalue weighted by Gasteiger charge is -2.18. The first-order chi connectivity index (χ1) is 9.08. The molecule has 0 aliphatic heterocycles. The standard InChI is InChI=1S/C14H21N3O2/c1-19-8-7-14(5-6-14)9-17-11-4-2-3-10(12(11)15)13(16)18/h2-4,17H,5-9,15H2,1H3,(H2,16,18). The van der Waals surface area contributed by atoms with Crippen molar-refractivity contribution in [1.82, 2.24) is 0 Å². The van der Waals surface area contributed by atoms with Crippen molar-refractivity contribution < 1.29 is 9.53 Å². The monoisotopic (exact) mass is 263 g/mol. The largest absolute Gasteiger partial charge is 0.396 e. The summed E-state index contributed by atoms with van der Waals surface area (Å²) in [4.78, 5) is 11.2. The molecule has 0 aromatic heterocycles. The van der Waals surface area contributed by atoms with Crippen LogP contribution in [-0.4, -0.2) is 26.2 Å². The number of nitrogens with one attached hydrogen (secondary N) is 1. The Morgan fingerprint density at radius 1 is 1.47 bits per heavy atom. The molecule has 5 heteroatoms. The molecule has 0 unspecified atom stereocenters. The maximum Gasteiger partial charge on any atom is 0.250 e. The third-order valence-electron chi connectivity index (χ3n) is 3.82. The second-order valence-electron chi connectivity index (χ2n) is 5.23. The van der Waals surface area contributed by atoms with Gasteiger partial charge in [-0.25, -0.2) is 0 Å². The molecular formula is C14H21N3O2. The molecule has 1 amide bonds. The summed E-state index contributed by atoms with van der Waals surface area (Å²) in [6.07, 6.45) is 3.46. The van der Waals surface area contributed by atoms with E-state index >= 15 is 0 Å². The highest BCUT2D eigenvalue weighted by atomic mass is 16.5. The number of para-hydroxylation sites is 1. The number of nitrogens with two attached hydrogens (primary N) is 2. The number of methoxy groups -OCH3 is 1. The Hall–Kier alpha value is -1.75. The van der Waals surface area contributed by atoms with Gasteiger partial charge in [-0.1, -0.05) is 6.07 Å². The summed E-state index contributed by atoms with van der Waals surface area (Å²) < 4.78 is 5.13. The third kappa shape index (κ3) is 3.17. The smallest absolute Gasteiger partial charge is 0.250 e. The average Bonchev–Trinajstić information content (AvgIpc) is 3.15. The van der Waals surface area contributed by atoms with Crippen LogP contribution in [0.15, 0.2) is 18.2 Å². The van der Waals surface area contributed by atoms with E-state index in [1.165, 1.54) is 12.8 Å². The molecule has 0 saturated heterocycles. The molecule has 0 bridgehead atoms. The van der Waals surface area contributed by atoms with Gasteiger partial charge >= 0.3 is 0 Å². The van der Waals surface area contributed by atoms with E-state index < -0.39 is 5.91 Å². The molecule has 1 aliphatic rings. The van der Waals surface area contributed by atoms with Crippen LogP contribution in [0.3, 0.4) is 0 Å². The summed E-state index contributed by atoms with van der Waals surface area (Å²) in [5.41, 5.74) is 13.1. The number of hydrogen-bond acceptors (Lipinski definition) is 4. The van der Waals surface area contributed by atoms with Gasteiger partial charge in [0.05, 0.1) is 16.9 Å². The van der Waals surface area contributed by atoms with Gasteiger partial charge in [-0.15, -0.1) is 0 Å². The summed E-state index contributed by atoms with van der Waals surface area (Å²) in [5.74, 6) is -0.498. The minimum absolute atomic E-state index is 0.325. The first-order valence-corrected chi connectivity index (χ1v) is 6.49. The molecule has 0 spiro atoms. The Kier molecular flexibility index (Phi) is 3.95. The Morgan fingerprint density at radius 3 is 2.79 bits per heavy atom. The van der Waals surface area contributed by atoms with Crippen LogP contribution >= 0.6 is 0 Å². The normalized spacial score (nSPS) is 16.1. The van der Waals surface area contributed by atoms with Gasteiger partial charge in [0.15, 0.2) is 0 Å². The van der Waals surface area contributed by atoms with Gasteiger partial charge in [0.2, 0.25) is 0 Å². The van der Waals surface area contributed by atoms with E-state index in [1.54, 1.807) is 19.2 Å². The molecule has 5 nitrogen and oxygen atoms in total. The summed E-state index contributed by atoms with van der Waals surface area (Å²) >= 11 is 0. The second kappa shape index (κ2) is 5.48. The van der Waals surface area contributed by atoms with Crippen LogP contribution in [0.4, 0.5) is 11.4 Å². The predicted molar refractivity (Wildman–Crippen MR) is 76.0 cm³/mol. The minimum atomic E-state index is -0.498. The van der Waals surface area contributed by atoms with Crippen molar-refractivity contribution in [3.8, 4) is 0 Å². The molecule has 5 N–H and O–H groups in total. The molecule has 104 valence electrons. The summed E-state index contributed by atoms with van der Waals surface area (Å²) in [5, 5.41) is 3.33. The Bertz CT molecular complexity index is 470. The number of carbonyl (C=O) groups excluding carboxylic acids is 1. The zero-order chi connectivity index (χ0) is 13.9. The summed E-state index contributed by atoms with van der Waals surface area (Å²) in [6, 6.07) is 5.29. The Labute approximate surface area is 113 Å². The highest BCUT2D eigenvalue weighted by Crippen LogP contribution is 2.48. The van der Waals surface area contributed by atoms with E-state index in [0.717, 1.165) is 25.3 Å². The van der Waals surface area contributed by atoms with Crippen molar-refractivity contribution in [2.45, 2.75) is 19.3 Å². The first kappa shape index (κ1) is 13.7. The van der Waals surface area contributed by atoms with Gasteiger partial charge in [0.25, 0.3) is 5.91 Å². The molecule has 1 aliphatic carbocycles. The molecular weight excluding hydrogens is 242 g/mol. The number of ether oxygens (including phenoxy) is 1. The van der Waals surface area contributed by atoms with Gasteiger partial charge in [-0.05, 0) is 36.8 Å². The number of anilines is 2. The number of nitrogen functional groups attached to an aromatic ring is 1. The zero-order valence-electron chi connectivity index (χ0n) is 11.2. The number of amides is 1. The Morgan fingerprint density at radius 2 is 2.21 bits per heavy atom. The number of rotatable bonds is 7. The summed E-state index contributed by atoms with van der Waals surface area (Å²) in [6.45, 7) is 1.63. The number of hydrogen-bond donors (Lipinski definition) is 3. The molecule has 19 heavy (non-hydrogen) atoms. The van der Waals surface area contributed by atoms with Gasteiger partial charge in [0, 0.05) is 20.3 Å². The van der Waals surface area contributed by atoms with Crippen LogP contribution in [0.1, 0.15) is 29.6 Å². The number of benzene rings is 1. The fourth-order valence-corrected chi connectivity index (χ4v) is 2.23. The molecule has 2 rings (SSSR count). The lowest BCUT2D eigenvalue weighted by Crippen LogP contribution is -2.19. The van der Waals surface area contributed by atoms with Crippen LogP contribution in [0.5, 0.6) is 0 Å². The summed E-state index contributed by atoms with van der Waals surface area (Å²) in [7, 11) is 1.72. The highest BCUT2D eigenvalue weighted by molar-refractivity contribution is 6.00. The first-order valence-electron chi connectivity index (χ1n) is 6.49. The third-order valence-corrected chi connectivity index (χ3v) is 3.82. The fourth-order valence-electron chi connectivity index (χ4n) is 2.23. The quantitative estimate of drug-likeness (QED) is 0.652. The van der Waals surface area contributed by atoms with E-state index in [1.807, 2.05) is 6.07 Å². The van der Waals surface area contributed by atoms with Crippen molar-refractivity contribution >= 4 is 17.3 Å². The maximum absolute atomic E-state index is 11.2. The predicted octanol–water partition coefficient (Wildman–Crippen LogP) is 1.60. The van der Waals surface area contributed by atoms with Crippen LogP contribution < -0.4 is 16.8 Å². The molecule has 1 fully saturated rings. The van der Waals surface area contributed by atoms with Crippen molar-refractivity contribution in [2.75, 3.05) is 31.3 Å². The van der Waals surface area contributed by atoms with Gasteiger partial charge < -0.3 is 21.5 Å². The molecule has 1 aromatic carbocycles. The van der Waals surface area contributed by atoms with Crippen LogP contribution in [0.2, 0.25) is 0 Å². The molecule has 1 saturated carbocycles. The van der Waals surface area contributed by atoms with Crippen molar-refractivity contribution in [1.29, 1.82) is 0 Å². The Balaban J connectivity index is 2.00. The van der Waals surface area contributed by atoms with Gasteiger partial charge in [-0.3, -0.25) is 4.79 Å². The lowest BCUT2D eigenvalue weighted by atomic mass is 10.0. The lowest BCUT2D eigenvalue weighted by molar-refractivity contribution is 0.100. The molecule has 0 heterocycles. The van der Waals surface area contributed by atoms with Crippen LogP contribution in [-0.2, 0) is 4.74 Å². The van der Waals surface area contributed by atoms with Gasteiger partial charge in [0.1, 0.15) is 0 Å². The zero-order valence-corrected chi connectivity index (χ0v) is 11.2. The average molecular weight is 263 g/mol. The molecule has 1 aromatic rings. The fraction of sp³-hybridized carbons (Fsp3) is 0.500. The molecule has 0 atom stereocenters. The second-order valence-corrected chi connectivity index (χ2v) is 5.23. The van der Waals surface area contributed by atoms with Crippen molar-refractivity contribution in [3.05, 3.63) is 23.8 Å². The van der Waals surface area contributed by atoms with Crippen molar-refractivity contribution in [2.24, 2.45) is 11.1 Å². The SMILES string of the molecule is COCCC1(CNc2cccc(C(N)=O)c2N)CC1. The molecule has 0 radical (unpaired) electrons. The van der Waals surface area contributed by atoms with Crippen LogP contribution in [0, 0.1) is 5.41 Å². The van der Waals surface area contributed by atoms with E-state index in [2.05, 4.69) is 5.32 Å². The minimum Gasteiger partial charge on any atom is -0.396 e. The van der Waals surface area contributed by atoms with Crippen molar-refractivity contribution in [3.63, 3.8) is 0 Å². The van der Waals surface area contributed by atoms with Crippen LogP contribution in [0.25, 0.3) is 0 Å². The topological polar surface area (TPSA) is 90.4 Å². The van der Waals surface area contributed by atoms with E-state index in [-0.39, 0.29) is 0 Å². The van der Waals surface area contributed by atoms with E-state index in [9.17, 15) is 4.79 Å². The maximum atomic E-state index is 11.2. The number of carbonyl (C=O) groups is 1.